The Morgan fingerprint density at radius 3 is 2.73 bits per heavy atom. The quantitative estimate of drug-likeness (QED) is 0.804. The largest absolute Gasteiger partial charge is 0.334 e. The van der Waals surface area contributed by atoms with E-state index in [9.17, 15) is 8.42 Å². The second-order valence-electron chi connectivity index (χ2n) is 6.52. The number of likely N-dealkylation sites (N-methyl/N-ethyl adjacent to an activating group) is 1. The number of nitrogens with zero attached hydrogens (tertiary/aromatic N) is 3. The van der Waals surface area contributed by atoms with Crippen LogP contribution >= 0.6 is 11.6 Å². The van der Waals surface area contributed by atoms with Crippen molar-refractivity contribution in [3.05, 3.63) is 29.0 Å². The van der Waals surface area contributed by atoms with Crippen LogP contribution in [-0.4, -0.2) is 49.0 Å². The van der Waals surface area contributed by atoms with E-state index in [4.69, 9.17) is 16.1 Å². The molecule has 26 heavy (non-hydrogen) atoms. The fraction of sp³-hybridized carbons (Fsp3) is 0.529. The Morgan fingerprint density at radius 2 is 2.04 bits per heavy atom. The van der Waals surface area contributed by atoms with Crippen molar-refractivity contribution in [2.75, 3.05) is 20.1 Å². The number of piperidine rings is 1. The molecule has 0 spiro atoms. The maximum atomic E-state index is 12.9. The smallest absolute Gasteiger partial charge is 0.257 e. The third-order valence-corrected chi connectivity index (χ3v) is 6.94. The zero-order valence-corrected chi connectivity index (χ0v) is 16.5. The Morgan fingerprint density at radius 1 is 1.31 bits per heavy atom. The number of hydrogen-bond acceptors (Lipinski definition) is 6. The molecule has 0 aliphatic carbocycles. The van der Waals surface area contributed by atoms with Crippen LogP contribution in [0.1, 0.15) is 32.0 Å². The van der Waals surface area contributed by atoms with Gasteiger partial charge in [0.1, 0.15) is 4.90 Å². The van der Waals surface area contributed by atoms with E-state index in [0.29, 0.717) is 30.9 Å². The molecule has 3 rings (SSSR count). The molecule has 2 aromatic rings. The zero-order valence-electron chi connectivity index (χ0n) is 14.9. The summed E-state index contributed by atoms with van der Waals surface area (Å²) in [4.78, 5) is 4.45. The Balaban J connectivity index is 1.90. The highest BCUT2D eigenvalue weighted by Gasteiger charge is 2.28. The molecule has 1 atom stereocenters. The van der Waals surface area contributed by atoms with Gasteiger partial charge in [-0.2, -0.15) is 9.29 Å². The van der Waals surface area contributed by atoms with Crippen molar-refractivity contribution < 1.29 is 12.9 Å². The van der Waals surface area contributed by atoms with Gasteiger partial charge in [-0.3, -0.25) is 0 Å². The number of aromatic nitrogens is 2. The van der Waals surface area contributed by atoms with Crippen LogP contribution in [0.4, 0.5) is 0 Å². The van der Waals surface area contributed by atoms with E-state index in [-0.39, 0.29) is 21.9 Å². The van der Waals surface area contributed by atoms with Gasteiger partial charge in [-0.1, -0.05) is 23.2 Å². The molecule has 9 heteroatoms. The fourth-order valence-corrected chi connectivity index (χ4v) is 4.93. The van der Waals surface area contributed by atoms with Crippen molar-refractivity contribution in [1.82, 2.24) is 19.8 Å². The predicted octanol–water partition coefficient (Wildman–Crippen LogP) is 2.72. The highest BCUT2D eigenvalue weighted by Crippen LogP contribution is 2.31. The molecule has 7 nitrogen and oxygen atoms in total. The topological polar surface area (TPSA) is 88.3 Å². The highest BCUT2D eigenvalue weighted by atomic mass is 35.5. The first kappa shape index (κ1) is 19.3. The summed E-state index contributed by atoms with van der Waals surface area (Å²) in [6.45, 7) is 3.06. The molecule has 0 saturated carbocycles. The number of halogens is 1. The molecule has 142 valence electrons. The van der Waals surface area contributed by atoms with Gasteiger partial charge in [0.15, 0.2) is 5.82 Å². The van der Waals surface area contributed by atoms with E-state index in [1.165, 1.54) is 10.4 Å². The van der Waals surface area contributed by atoms with Gasteiger partial charge < -0.3 is 9.84 Å². The van der Waals surface area contributed by atoms with Gasteiger partial charge >= 0.3 is 0 Å². The average Bonchev–Trinajstić information content (AvgIpc) is 3.11. The summed E-state index contributed by atoms with van der Waals surface area (Å²) < 4.78 is 32.7. The van der Waals surface area contributed by atoms with E-state index in [1.54, 1.807) is 12.1 Å². The van der Waals surface area contributed by atoms with Crippen molar-refractivity contribution in [3.8, 4) is 11.5 Å². The van der Waals surface area contributed by atoms with Gasteiger partial charge in [-0.15, -0.1) is 0 Å². The zero-order chi connectivity index (χ0) is 18.7. The van der Waals surface area contributed by atoms with Crippen LogP contribution in [0.15, 0.2) is 27.6 Å². The van der Waals surface area contributed by atoms with Crippen molar-refractivity contribution >= 4 is 21.6 Å². The summed E-state index contributed by atoms with van der Waals surface area (Å²) in [5, 5.41) is 7.27. The van der Waals surface area contributed by atoms with E-state index in [1.807, 2.05) is 14.0 Å². The molecule has 1 aromatic carbocycles. The second-order valence-corrected chi connectivity index (χ2v) is 8.83. The van der Waals surface area contributed by atoms with E-state index in [2.05, 4.69) is 15.5 Å². The highest BCUT2D eigenvalue weighted by molar-refractivity contribution is 7.89. The first-order chi connectivity index (χ1) is 12.4. The molecule has 1 saturated heterocycles. The molecule has 0 bridgehead atoms. The molecule has 1 aromatic heterocycles. The van der Waals surface area contributed by atoms with Crippen LogP contribution in [0, 0.1) is 0 Å². The Labute approximate surface area is 158 Å². The third kappa shape index (κ3) is 4.09. The summed E-state index contributed by atoms with van der Waals surface area (Å²) in [5.74, 6) is 0.854. The number of hydrogen-bond donors (Lipinski definition) is 1. The molecule has 1 aliphatic rings. The first-order valence-electron chi connectivity index (χ1n) is 8.71. The van der Waals surface area contributed by atoms with Gasteiger partial charge in [0, 0.05) is 31.1 Å². The Bertz CT molecular complexity index is 863. The van der Waals surface area contributed by atoms with E-state index >= 15 is 0 Å². The molecular weight excluding hydrogens is 376 g/mol. The van der Waals surface area contributed by atoms with Crippen molar-refractivity contribution in [2.24, 2.45) is 0 Å². The lowest BCUT2D eigenvalue weighted by atomic mass is 10.2. The first-order valence-corrected chi connectivity index (χ1v) is 10.5. The maximum absolute atomic E-state index is 12.9. The van der Waals surface area contributed by atoms with E-state index < -0.39 is 10.0 Å². The molecule has 0 amide bonds. The molecule has 1 N–H and O–H groups in total. The van der Waals surface area contributed by atoms with Crippen molar-refractivity contribution in [3.63, 3.8) is 0 Å². The minimum atomic E-state index is -3.64. The monoisotopic (exact) mass is 398 g/mol. The van der Waals surface area contributed by atoms with Gasteiger partial charge in [-0.25, -0.2) is 8.42 Å². The number of nitrogens with one attached hydrogen (secondary N) is 1. The average molecular weight is 399 g/mol. The van der Waals surface area contributed by atoms with Crippen molar-refractivity contribution in [1.29, 1.82) is 0 Å². The standard InChI is InChI=1S/C17H23ClN4O3S/c1-12(19-2)10-16-20-17(25-21-16)13-6-7-14(18)15(11-13)26(23,24)22-8-4-3-5-9-22/h6-7,11-12,19H,3-5,8-10H2,1-2H3. The van der Waals surface area contributed by atoms with Crippen LogP contribution in [-0.2, 0) is 16.4 Å². The molecule has 1 unspecified atom stereocenters. The lowest BCUT2D eigenvalue weighted by Crippen LogP contribution is -2.35. The predicted molar refractivity (Wildman–Crippen MR) is 99.6 cm³/mol. The number of benzene rings is 1. The van der Waals surface area contributed by atoms with Crippen molar-refractivity contribution in [2.45, 2.75) is 43.5 Å². The second kappa shape index (κ2) is 8.04. The summed E-state index contributed by atoms with van der Waals surface area (Å²) >= 11 is 6.20. The summed E-state index contributed by atoms with van der Waals surface area (Å²) in [6, 6.07) is 4.98. The molecule has 2 heterocycles. The SMILES string of the molecule is CNC(C)Cc1noc(-c2ccc(Cl)c(S(=O)(=O)N3CCCCC3)c2)n1. The van der Waals surface area contributed by atoms with Gasteiger partial charge in [0.2, 0.25) is 10.0 Å². The Kier molecular flexibility index (Phi) is 5.96. The number of rotatable bonds is 6. The van der Waals surface area contributed by atoms with Crippen LogP contribution in [0.25, 0.3) is 11.5 Å². The Hall–Kier alpha value is -1.48. The van der Waals surface area contributed by atoms with Gasteiger partial charge in [0.25, 0.3) is 5.89 Å². The van der Waals surface area contributed by atoms with Gasteiger partial charge in [0.05, 0.1) is 5.02 Å². The van der Waals surface area contributed by atoms with E-state index in [0.717, 1.165) is 19.3 Å². The third-order valence-electron chi connectivity index (χ3n) is 4.56. The van der Waals surface area contributed by atoms with Crippen LogP contribution in [0.2, 0.25) is 5.02 Å². The lowest BCUT2D eigenvalue weighted by Gasteiger charge is -2.26. The fourth-order valence-electron chi connectivity index (χ4n) is 2.91. The molecule has 0 radical (unpaired) electrons. The number of sulfonamides is 1. The van der Waals surface area contributed by atoms with Gasteiger partial charge in [-0.05, 0) is 45.0 Å². The summed E-state index contributed by atoms with van der Waals surface area (Å²) in [6.07, 6.45) is 3.41. The normalized spacial score (nSPS) is 17.3. The molecule has 1 aliphatic heterocycles. The van der Waals surface area contributed by atoms with Crippen LogP contribution < -0.4 is 5.32 Å². The minimum Gasteiger partial charge on any atom is -0.334 e. The van der Waals surface area contributed by atoms with Crippen LogP contribution in [0.3, 0.4) is 0 Å². The summed E-state index contributed by atoms with van der Waals surface area (Å²) in [7, 11) is -1.77. The molecule has 1 fully saturated rings. The summed E-state index contributed by atoms with van der Waals surface area (Å²) in [5.41, 5.74) is 0.542. The maximum Gasteiger partial charge on any atom is 0.257 e. The molecular formula is C17H23ClN4O3S. The minimum absolute atomic E-state index is 0.0851. The van der Waals surface area contributed by atoms with Crippen LogP contribution in [0.5, 0.6) is 0 Å². The lowest BCUT2D eigenvalue weighted by molar-refractivity contribution is 0.346.